The molecule has 3 heterocycles. The van der Waals surface area contributed by atoms with Crippen molar-refractivity contribution < 1.29 is 9.18 Å². The van der Waals surface area contributed by atoms with Crippen LogP contribution in [0.3, 0.4) is 0 Å². The fourth-order valence-electron chi connectivity index (χ4n) is 4.08. The van der Waals surface area contributed by atoms with Crippen LogP contribution in [-0.4, -0.2) is 46.8 Å². The maximum Gasteiger partial charge on any atom is 0.257 e. The van der Waals surface area contributed by atoms with Gasteiger partial charge in [0.1, 0.15) is 11.5 Å². The number of hydrogen-bond donors (Lipinski definition) is 1. The van der Waals surface area contributed by atoms with Crippen LogP contribution in [0.15, 0.2) is 30.5 Å². The first kappa shape index (κ1) is 16.3. The number of halogens is 1. The van der Waals surface area contributed by atoms with Gasteiger partial charge < -0.3 is 10.2 Å². The fraction of sp³-hybridized carbons (Fsp3) is 0.474. The predicted molar refractivity (Wildman–Crippen MR) is 93.2 cm³/mol. The van der Waals surface area contributed by atoms with Crippen molar-refractivity contribution in [3.63, 3.8) is 0 Å². The van der Waals surface area contributed by atoms with E-state index >= 15 is 0 Å². The van der Waals surface area contributed by atoms with Crippen molar-refractivity contribution in [2.75, 3.05) is 26.2 Å². The van der Waals surface area contributed by atoms with Crippen LogP contribution in [0.1, 0.15) is 28.9 Å². The molecule has 6 heteroatoms. The Morgan fingerprint density at radius 1 is 1.20 bits per heavy atom. The third-order valence-electron chi connectivity index (χ3n) is 5.63. The lowest BCUT2D eigenvalue weighted by atomic mass is 9.92. The van der Waals surface area contributed by atoms with Crippen LogP contribution in [0.25, 0.3) is 5.69 Å². The Hall–Kier alpha value is -2.21. The summed E-state index contributed by atoms with van der Waals surface area (Å²) in [4.78, 5) is 14.9. The average molecular weight is 342 g/mol. The summed E-state index contributed by atoms with van der Waals surface area (Å²) >= 11 is 0. The summed E-state index contributed by atoms with van der Waals surface area (Å²) in [6.07, 6.45) is 3.66. The molecular formula is C19H23FN4O. The first-order chi connectivity index (χ1) is 12.1. The molecular weight excluding hydrogens is 319 g/mol. The van der Waals surface area contributed by atoms with Crippen molar-refractivity contribution in [3.05, 3.63) is 47.5 Å². The van der Waals surface area contributed by atoms with Gasteiger partial charge in [0.25, 0.3) is 5.91 Å². The molecule has 1 aromatic heterocycles. The lowest BCUT2D eigenvalue weighted by molar-refractivity contribution is 0.0757. The molecule has 1 amide bonds. The van der Waals surface area contributed by atoms with Gasteiger partial charge in [-0.05, 0) is 56.8 Å². The van der Waals surface area contributed by atoms with E-state index in [0.29, 0.717) is 28.8 Å². The van der Waals surface area contributed by atoms with Crippen LogP contribution in [0.2, 0.25) is 0 Å². The maximum absolute atomic E-state index is 14.0. The van der Waals surface area contributed by atoms with E-state index < -0.39 is 0 Å². The summed E-state index contributed by atoms with van der Waals surface area (Å²) in [5, 5.41) is 7.71. The molecule has 0 radical (unpaired) electrons. The molecule has 1 N–H and O–H groups in total. The Bertz CT molecular complexity index is 773. The number of nitrogens with zero attached hydrogens (tertiary/aromatic N) is 3. The summed E-state index contributed by atoms with van der Waals surface area (Å²) in [5.74, 6) is 1.02. The number of carbonyl (C=O) groups excluding carboxylic acids is 1. The van der Waals surface area contributed by atoms with Gasteiger partial charge in [-0.3, -0.25) is 4.79 Å². The van der Waals surface area contributed by atoms with Crippen molar-refractivity contribution in [1.82, 2.24) is 20.0 Å². The lowest BCUT2D eigenvalue weighted by Gasteiger charge is -2.20. The number of rotatable bonds is 2. The minimum atomic E-state index is -0.345. The van der Waals surface area contributed by atoms with Gasteiger partial charge in [0.05, 0.1) is 17.5 Å². The molecule has 2 fully saturated rings. The molecule has 0 bridgehead atoms. The summed E-state index contributed by atoms with van der Waals surface area (Å²) in [5.41, 5.74) is 1.62. The molecule has 5 nitrogen and oxygen atoms in total. The normalized spacial score (nSPS) is 23.4. The number of hydrogen-bond acceptors (Lipinski definition) is 3. The van der Waals surface area contributed by atoms with E-state index in [1.807, 2.05) is 11.8 Å². The summed E-state index contributed by atoms with van der Waals surface area (Å²) in [6, 6.07) is 6.48. The summed E-state index contributed by atoms with van der Waals surface area (Å²) in [7, 11) is 0. The monoisotopic (exact) mass is 342 g/mol. The Balaban J connectivity index is 1.56. The van der Waals surface area contributed by atoms with Crippen molar-refractivity contribution >= 4 is 5.91 Å². The zero-order chi connectivity index (χ0) is 17.4. The molecule has 2 atom stereocenters. The van der Waals surface area contributed by atoms with E-state index in [9.17, 15) is 9.18 Å². The van der Waals surface area contributed by atoms with E-state index in [0.717, 1.165) is 39.0 Å². The van der Waals surface area contributed by atoms with Crippen LogP contribution >= 0.6 is 0 Å². The van der Waals surface area contributed by atoms with Gasteiger partial charge in [-0.25, -0.2) is 9.07 Å². The van der Waals surface area contributed by atoms with Gasteiger partial charge in [-0.2, -0.15) is 5.10 Å². The van der Waals surface area contributed by atoms with Gasteiger partial charge in [0.15, 0.2) is 0 Å². The van der Waals surface area contributed by atoms with Crippen LogP contribution < -0.4 is 5.32 Å². The minimum Gasteiger partial charge on any atom is -0.339 e. The molecule has 4 rings (SSSR count). The van der Waals surface area contributed by atoms with Crippen molar-refractivity contribution in [1.29, 1.82) is 0 Å². The highest BCUT2D eigenvalue weighted by molar-refractivity contribution is 5.95. The number of carbonyl (C=O) groups is 1. The molecule has 132 valence electrons. The molecule has 0 aliphatic carbocycles. The van der Waals surface area contributed by atoms with Gasteiger partial charge in [0, 0.05) is 13.1 Å². The standard InChI is InChI=1S/C19H23FN4O/c1-13-16(12-22-24(13)18-5-3-2-4-17(18)20)19(25)23-8-6-14-10-21-11-15(14)7-9-23/h2-5,12,14-15,21H,6-11H2,1H3/t14-,15+. The summed E-state index contributed by atoms with van der Waals surface area (Å²) < 4.78 is 15.6. The van der Waals surface area contributed by atoms with Gasteiger partial charge in [-0.15, -0.1) is 0 Å². The predicted octanol–water partition coefficient (Wildman–Crippen LogP) is 2.39. The van der Waals surface area contributed by atoms with E-state index in [2.05, 4.69) is 10.4 Å². The second-order valence-electron chi connectivity index (χ2n) is 7.05. The first-order valence-corrected chi connectivity index (χ1v) is 8.94. The second kappa shape index (κ2) is 6.59. The SMILES string of the molecule is Cc1c(C(=O)N2CC[C@@H]3CNC[C@@H]3CC2)cnn1-c1ccccc1F. The first-order valence-electron chi connectivity index (χ1n) is 8.94. The maximum atomic E-state index is 14.0. The molecule has 2 aliphatic rings. The van der Waals surface area contributed by atoms with Crippen LogP contribution in [-0.2, 0) is 0 Å². The van der Waals surface area contributed by atoms with Crippen molar-refractivity contribution in [3.8, 4) is 5.69 Å². The van der Waals surface area contributed by atoms with E-state index in [1.165, 1.54) is 10.7 Å². The topological polar surface area (TPSA) is 50.2 Å². The van der Waals surface area contributed by atoms with Crippen molar-refractivity contribution in [2.24, 2.45) is 11.8 Å². The Morgan fingerprint density at radius 3 is 2.56 bits per heavy atom. The number of benzene rings is 1. The fourth-order valence-corrected chi connectivity index (χ4v) is 4.08. The van der Waals surface area contributed by atoms with E-state index in [4.69, 9.17) is 0 Å². The third kappa shape index (κ3) is 2.95. The average Bonchev–Trinajstić information content (AvgIpc) is 3.16. The Morgan fingerprint density at radius 2 is 1.88 bits per heavy atom. The molecule has 1 aromatic carbocycles. The lowest BCUT2D eigenvalue weighted by Crippen LogP contribution is -2.33. The zero-order valence-corrected chi connectivity index (χ0v) is 14.4. The molecule has 0 saturated carbocycles. The number of likely N-dealkylation sites (tertiary alicyclic amines) is 1. The minimum absolute atomic E-state index is 0.00743. The Kier molecular flexibility index (Phi) is 4.29. The Labute approximate surface area is 146 Å². The highest BCUT2D eigenvalue weighted by Gasteiger charge is 2.32. The van der Waals surface area contributed by atoms with Crippen LogP contribution in [0.4, 0.5) is 4.39 Å². The second-order valence-corrected chi connectivity index (χ2v) is 7.05. The highest BCUT2D eigenvalue weighted by atomic mass is 19.1. The molecule has 2 aliphatic heterocycles. The van der Waals surface area contributed by atoms with Crippen LogP contribution in [0.5, 0.6) is 0 Å². The quantitative estimate of drug-likeness (QED) is 0.912. The van der Waals surface area contributed by atoms with E-state index in [1.54, 1.807) is 24.4 Å². The molecule has 25 heavy (non-hydrogen) atoms. The van der Waals surface area contributed by atoms with Gasteiger partial charge in [0.2, 0.25) is 0 Å². The van der Waals surface area contributed by atoms with Gasteiger partial charge >= 0.3 is 0 Å². The molecule has 2 saturated heterocycles. The number of amides is 1. The summed E-state index contributed by atoms with van der Waals surface area (Å²) in [6.45, 7) is 5.52. The third-order valence-corrected chi connectivity index (χ3v) is 5.63. The van der Waals surface area contributed by atoms with Gasteiger partial charge in [-0.1, -0.05) is 12.1 Å². The highest BCUT2D eigenvalue weighted by Crippen LogP contribution is 2.28. The van der Waals surface area contributed by atoms with Crippen molar-refractivity contribution in [2.45, 2.75) is 19.8 Å². The number of fused-ring (bicyclic) bond motifs is 1. The zero-order valence-electron chi connectivity index (χ0n) is 14.4. The smallest absolute Gasteiger partial charge is 0.257 e. The largest absolute Gasteiger partial charge is 0.339 e. The molecule has 2 aromatic rings. The van der Waals surface area contributed by atoms with Crippen LogP contribution in [0, 0.1) is 24.6 Å². The molecule has 0 spiro atoms. The number of nitrogens with one attached hydrogen (secondary N) is 1. The number of aromatic nitrogens is 2. The molecule has 0 unspecified atom stereocenters. The number of para-hydroxylation sites is 1. The van der Waals surface area contributed by atoms with E-state index in [-0.39, 0.29) is 11.7 Å².